The van der Waals surface area contributed by atoms with Gasteiger partial charge in [-0.05, 0) is 89.9 Å². The van der Waals surface area contributed by atoms with E-state index in [9.17, 15) is 14.4 Å². The number of carbonyl (C=O) groups is 3. The molecule has 67 heavy (non-hydrogen) atoms. The van der Waals surface area contributed by atoms with Crippen molar-refractivity contribution >= 4 is 17.9 Å². The first-order chi connectivity index (χ1) is 33.0. The monoisotopic (exact) mass is 935 g/mol. The first kappa shape index (κ1) is 63.8. The molecule has 0 aromatic heterocycles. The van der Waals surface area contributed by atoms with Crippen LogP contribution in [0.3, 0.4) is 0 Å². The second kappa shape index (κ2) is 55.4. The molecule has 0 saturated heterocycles. The molecule has 0 aliphatic rings. The van der Waals surface area contributed by atoms with Crippen LogP contribution in [-0.4, -0.2) is 37.2 Å². The van der Waals surface area contributed by atoms with E-state index in [1.807, 2.05) is 0 Å². The number of hydrogen-bond acceptors (Lipinski definition) is 6. The fraction of sp³-hybridized carbons (Fsp3) is 0.754. The number of hydrogen-bond donors (Lipinski definition) is 0. The highest BCUT2D eigenvalue weighted by Crippen LogP contribution is 2.15. The Morgan fingerprint density at radius 3 is 0.910 bits per heavy atom. The lowest BCUT2D eigenvalue weighted by atomic mass is 10.0. The van der Waals surface area contributed by atoms with Crippen molar-refractivity contribution in [2.45, 2.75) is 284 Å². The molecule has 0 saturated carbocycles. The van der Waals surface area contributed by atoms with Crippen LogP contribution in [0.4, 0.5) is 0 Å². The Labute approximate surface area is 414 Å². The summed E-state index contributed by atoms with van der Waals surface area (Å²) in [6, 6.07) is 0. The molecule has 0 aliphatic carbocycles. The fourth-order valence-electron chi connectivity index (χ4n) is 7.88. The molecule has 0 radical (unpaired) electrons. The minimum Gasteiger partial charge on any atom is -0.462 e. The zero-order chi connectivity index (χ0) is 48.6. The van der Waals surface area contributed by atoms with Gasteiger partial charge in [-0.2, -0.15) is 0 Å². The van der Waals surface area contributed by atoms with Crippen molar-refractivity contribution in [1.82, 2.24) is 0 Å². The van der Waals surface area contributed by atoms with Crippen LogP contribution < -0.4 is 0 Å². The quantitative estimate of drug-likeness (QED) is 0.0262. The van der Waals surface area contributed by atoms with E-state index in [-0.39, 0.29) is 37.5 Å². The summed E-state index contributed by atoms with van der Waals surface area (Å²) in [5.74, 6) is -0.949. The van der Waals surface area contributed by atoms with Gasteiger partial charge < -0.3 is 14.2 Å². The van der Waals surface area contributed by atoms with Crippen molar-refractivity contribution < 1.29 is 28.6 Å². The highest BCUT2D eigenvalue weighted by Gasteiger charge is 2.19. The predicted molar refractivity (Wildman–Crippen MR) is 288 cm³/mol. The molecular formula is C61H106O6. The average molecular weight is 936 g/mol. The zero-order valence-electron chi connectivity index (χ0n) is 44.2. The minimum absolute atomic E-state index is 0.0962. The highest BCUT2D eigenvalue weighted by molar-refractivity contribution is 5.71. The third-order valence-electron chi connectivity index (χ3n) is 12.2. The summed E-state index contributed by atoms with van der Waals surface area (Å²) in [5.41, 5.74) is 0. The molecule has 0 spiro atoms. The summed E-state index contributed by atoms with van der Waals surface area (Å²) >= 11 is 0. The number of ether oxygens (including phenoxy) is 3. The molecule has 0 N–H and O–H groups in total. The van der Waals surface area contributed by atoms with Crippen LogP contribution in [0.2, 0.25) is 0 Å². The van der Waals surface area contributed by atoms with E-state index < -0.39 is 6.10 Å². The lowest BCUT2D eigenvalue weighted by Crippen LogP contribution is -2.30. The Bertz CT molecular complexity index is 1260. The van der Waals surface area contributed by atoms with Crippen molar-refractivity contribution in [1.29, 1.82) is 0 Å². The van der Waals surface area contributed by atoms with Crippen LogP contribution in [0.1, 0.15) is 278 Å². The molecule has 0 amide bonds. The van der Waals surface area contributed by atoms with E-state index in [1.165, 1.54) is 161 Å². The van der Waals surface area contributed by atoms with Gasteiger partial charge in [0.2, 0.25) is 0 Å². The van der Waals surface area contributed by atoms with Gasteiger partial charge in [-0.1, -0.05) is 241 Å². The van der Waals surface area contributed by atoms with Gasteiger partial charge in [0.05, 0.1) is 0 Å². The third-order valence-corrected chi connectivity index (χ3v) is 12.2. The second-order valence-electron chi connectivity index (χ2n) is 18.8. The van der Waals surface area contributed by atoms with Crippen molar-refractivity contribution in [2.75, 3.05) is 13.2 Å². The van der Waals surface area contributed by atoms with Gasteiger partial charge in [-0.3, -0.25) is 14.4 Å². The zero-order valence-corrected chi connectivity index (χ0v) is 44.2. The fourth-order valence-corrected chi connectivity index (χ4v) is 7.88. The Morgan fingerprint density at radius 1 is 0.299 bits per heavy atom. The molecule has 0 heterocycles. The molecule has 0 aromatic carbocycles. The largest absolute Gasteiger partial charge is 0.462 e. The normalized spacial score (nSPS) is 12.6. The molecule has 0 unspecified atom stereocenters. The molecule has 6 nitrogen and oxygen atoms in total. The molecule has 0 bridgehead atoms. The van der Waals surface area contributed by atoms with Crippen molar-refractivity contribution in [2.24, 2.45) is 0 Å². The standard InChI is InChI=1S/C61H106O6/c1-4-7-10-13-16-19-22-25-27-29-30-32-33-36-39-42-45-48-51-54-60(63)66-57-58(56-65-59(62)53-50-47-44-41-38-35-24-21-18-15-12-9-6-3)67-61(64)55-52-49-46-43-40-37-34-31-28-26-23-20-17-14-11-8-5-2/h16-17,19-20,25-28,34,37,43,46,58H,4-15,18,21-24,29-33,35-36,38-42,44-45,47-57H2,1-3H3/b19-16+,20-17+,27-25+,28-26+,37-34+,46-43+/t58-/m1/s1. The maximum absolute atomic E-state index is 12.8. The third kappa shape index (κ3) is 53.7. The van der Waals surface area contributed by atoms with Gasteiger partial charge in [-0.25, -0.2) is 0 Å². The molecule has 0 fully saturated rings. The van der Waals surface area contributed by atoms with Gasteiger partial charge in [0, 0.05) is 19.3 Å². The van der Waals surface area contributed by atoms with Crippen molar-refractivity contribution in [3.63, 3.8) is 0 Å². The van der Waals surface area contributed by atoms with Crippen LogP contribution in [0.15, 0.2) is 72.9 Å². The molecule has 0 rings (SSSR count). The molecule has 0 aromatic rings. The lowest BCUT2D eigenvalue weighted by Gasteiger charge is -2.18. The van der Waals surface area contributed by atoms with Crippen LogP contribution in [0.25, 0.3) is 0 Å². The van der Waals surface area contributed by atoms with E-state index in [0.717, 1.165) is 70.6 Å². The molecule has 386 valence electrons. The Hall–Kier alpha value is -3.15. The highest BCUT2D eigenvalue weighted by atomic mass is 16.6. The number of carbonyl (C=O) groups excluding carboxylic acids is 3. The smallest absolute Gasteiger partial charge is 0.306 e. The van der Waals surface area contributed by atoms with Gasteiger partial charge in [0.1, 0.15) is 13.2 Å². The van der Waals surface area contributed by atoms with Gasteiger partial charge >= 0.3 is 17.9 Å². The molecule has 0 aliphatic heterocycles. The van der Waals surface area contributed by atoms with E-state index in [4.69, 9.17) is 14.2 Å². The van der Waals surface area contributed by atoms with Crippen LogP contribution >= 0.6 is 0 Å². The van der Waals surface area contributed by atoms with E-state index >= 15 is 0 Å². The predicted octanol–water partition coefficient (Wildman–Crippen LogP) is 19.0. The molecule has 6 heteroatoms. The molecular weight excluding hydrogens is 829 g/mol. The summed E-state index contributed by atoms with van der Waals surface area (Å²) in [6.45, 7) is 6.55. The summed E-state index contributed by atoms with van der Waals surface area (Å²) < 4.78 is 16.8. The summed E-state index contributed by atoms with van der Waals surface area (Å²) in [5, 5.41) is 0. The lowest BCUT2D eigenvalue weighted by molar-refractivity contribution is -0.167. The minimum atomic E-state index is -0.804. The number of esters is 3. The number of rotatable bonds is 51. The Morgan fingerprint density at radius 2 is 0.552 bits per heavy atom. The van der Waals surface area contributed by atoms with Crippen molar-refractivity contribution in [3.05, 3.63) is 72.9 Å². The summed E-state index contributed by atoms with van der Waals surface area (Å²) in [4.78, 5) is 38.1. The maximum atomic E-state index is 12.8. The van der Waals surface area contributed by atoms with E-state index in [2.05, 4.69) is 93.7 Å². The first-order valence-corrected chi connectivity index (χ1v) is 28.4. The van der Waals surface area contributed by atoms with Crippen molar-refractivity contribution in [3.8, 4) is 0 Å². The second-order valence-corrected chi connectivity index (χ2v) is 18.8. The van der Waals surface area contributed by atoms with Crippen LogP contribution in [0.5, 0.6) is 0 Å². The summed E-state index contributed by atoms with van der Waals surface area (Å²) in [6.07, 6.45) is 70.3. The SMILES string of the molecule is CCCCC/C=C/C/C=C/C/C=C/C/C=C/CCCC(=O)O[C@@H](COC(=O)CCCCCCCCCCC/C=C/C/C=C/CCCCC)COC(=O)CCCCCCCCCCCCCCC. The topological polar surface area (TPSA) is 78.9 Å². The van der Waals surface area contributed by atoms with Gasteiger partial charge in [-0.15, -0.1) is 0 Å². The number of allylic oxidation sites excluding steroid dienone is 12. The van der Waals surface area contributed by atoms with Gasteiger partial charge in [0.25, 0.3) is 0 Å². The first-order valence-electron chi connectivity index (χ1n) is 28.4. The Balaban J connectivity index is 4.44. The summed E-state index contributed by atoms with van der Waals surface area (Å²) in [7, 11) is 0. The van der Waals surface area contributed by atoms with Gasteiger partial charge in [0.15, 0.2) is 6.10 Å². The number of unbranched alkanes of at least 4 members (excludes halogenated alkanes) is 28. The average Bonchev–Trinajstić information content (AvgIpc) is 3.33. The van der Waals surface area contributed by atoms with Crippen LogP contribution in [-0.2, 0) is 28.6 Å². The van der Waals surface area contributed by atoms with E-state index in [0.29, 0.717) is 19.3 Å². The van der Waals surface area contributed by atoms with E-state index in [1.54, 1.807) is 0 Å². The van der Waals surface area contributed by atoms with Crippen LogP contribution in [0, 0.1) is 0 Å². The Kier molecular flexibility index (Phi) is 52.8. The molecule has 1 atom stereocenters. The maximum Gasteiger partial charge on any atom is 0.306 e.